The maximum atomic E-state index is 12.8. The number of carbonyl (C=O) groups excluding carboxylic acids is 3. The SMILES string of the molecule is COc1cc(OC)cc(C(=O)N[C@H](C(=O)OCC(=O)c2ccc(C3CCCCC3)cc2)C(C)C)c1. The lowest BCUT2D eigenvalue weighted by molar-refractivity contribution is -0.145. The van der Waals surface area contributed by atoms with Crippen molar-refractivity contribution in [1.29, 1.82) is 0 Å². The number of ketones is 1. The molecule has 0 radical (unpaired) electrons. The Morgan fingerprint density at radius 3 is 2.03 bits per heavy atom. The molecule has 7 nitrogen and oxygen atoms in total. The number of carbonyl (C=O) groups is 3. The number of benzene rings is 2. The van der Waals surface area contributed by atoms with Crippen LogP contribution in [0.25, 0.3) is 0 Å². The van der Waals surface area contributed by atoms with E-state index in [1.165, 1.54) is 51.9 Å². The van der Waals surface area contributed by atoms with Gasteiger partial charge in [0.2, 0.25) is 0 Å². The Hall–Kier alpha value is -3.35. The number of esters is 1. The van der Waals surface area contributed by atoms with Crippen molar-refractivity contribution in [2.75, 3.05) is 20.8 Å². The number of nitrogens with one attached hydrogen (secondary N) is 1. The van der Waals surface area contributed by atoms with Gasteiger partial charge < -0.3 is 19.5 Å². The van der Waals surface area contributed by atoms with Crippen molar-refractivity contribution in [1.82, 2.24) is 5.32 Å². The molecule has 1 amide bonds. The molecule has 1 saturated carbocycles. The molecule has 0 aromatic heterocycles. The molecule has 2 aromatic rings. The van der Waals surface area contributed by atoms with E-state index >= 15 is 0 Å². The van der Waals surface area contributed by atoms with E-state index in [9.17, 15) is 14.4 Å². The second-order valence-corrected chi connectivity index (χ2v) is 9.28. The minimum Gasteiger partial charge on any atom is -0.497 e. The van der Waals surface area contributed by atoms with Crippen LogP contribution in [0.15, 0.2) is 42.5 Å². The highest BCUT2D eigenvalue weighted by molar-refractivity contribution is 5.99. The second-order valence-electron chi connectivity index (χ2n) is 9.28. The average Bonchev–Trinajstić information content (AvgIpc) is 2.90. The quantitative estimate of drug-likeness (QED) is 0.382. The van der Waals surface area contributed by atoms with Gasteiger partial charge in [0, 0.05) is 17.2 Å². The predicted molar refractivity (Wildman–Crippen MR) is 133 cm³/mol. The third kappa shape index (κ3) is 7.07. The van der Waals surface area contributed by atoms with Crippen molar-refractivity contribution >= 4 is 17.7 Å². The number of hydrogen-bond donors (Lipinski definition) is 1. The first-order chi connectivity index (χ1) is 16.8. The zero-order valence-electron chi connectivity index (χ0n) is 21.0. The van der Waals surface area contributed by atoms with Gasteiger partial charge >= 0.3 is 5.97 Å². The number of hydrogen-bond acceptors (Lipinski definition) is 6. The highest BCUT2D eigenvalue weighted by Gasteiger charge is 2.27. The molecule has 1 fully saturated rings. The van der Waals surface area contributed by atoms with Crippen molar-refractivity contribution in [2.24, 2.45) is 5.92 Å². The largest absolute Gasteiger partial charge is 0.497 e. The predicted octanol–water partition coefficient (Wildman–Crippen LogP) is 4.93. The lowest BCUT2D eigenvalue weighted by atomic mass is 9.84. The first kappa shape index (κ1) is 26.3. The third-order valence-corrected chi connectivity index (χ3v) is 6.48. The standard InChI is InChI=1S/C28H35NO6/c1-18(2)26(29-27(31)22-14-23(33-3)16-24(15-22)34-4)28(32)35-17-25(30)21-12-10-20(11-13-21)19-8-6-5-7-9-19/h10-16,18-19,26H,5-9,17H2,1-4H3,(H,29,31)/t26-/m0/s1. The molecule has 2 aromatic carbocycles. The fourth-order valence-electron chi connectivity index (χ4n) is 4.35. The molecule has 188 valence electrons. The van der Waals surface area contributed by atoms with Gasteiger partial charge in [0.15, 0.2) is 12.4 Å². The van der Waals surface area contributed by atoms with Crippen molar-refractivity contribution in [3.63, 3.8) is 0 Å². The van der Waals surface area contributed by atoms with Crippen molar-refractivity contribution < 1.29 is 28.6 Å². The molecular weight excluding hydrogens is 446 g/mol. The van der Waals surface area contributed by atoms with Gasteiger partial charge in [-0.25, -0.2) is 4.79 Å². The summed E-state index contributed by atoms with van der Waals surface area (Å²) in [7, 11) is 2.98. The van der Waals surface area contributed by atoms with E-state index in [0.717, 1.165) is 0 Å². The molecule has 0 heterocycles. The molecule has 1 N–H and O–H groups in total. The van der Waals surface area contributed by atoms with Crippen LogP contribution in [0.4, 0.5) is 0 Å². The third-order valence-electron chi connectivity index (χ3n) is 6.48. The molecule has 3 rings (SSSR count). The van der Waals surface area contributed by atoms with Gasteiger partial charge in [-0.05, 0) is 42.4 Å². The van der Waals surface area contributed by atoms with E-state index in [1.54, 1.807) is 44.2 Å². The maximum absolute atomic E-state index is 12.8. The minimum atomic E-state index is -0.916. The summed E-state index contributed by atoms with van der Waals surface area (Å²) in [4.78, 5) is 38.2. The summed E-state index contributed by atoms with van der Waals surface area (Å²) in [6, 6.07) is 11.5. The molecule has 1 atom stereocenters. The van der Waals surface area contributed by atoms with Crippen molar-refractivity contribution in [2.45, 2.75) is 57.9 Å². The molecule has 7 heteroatoms. The molecular formula is C28H35NO6. The van der Waals surface area contributed by atoms with Crippen LogP contribution < -0.4 is 14.8 Å². The van der Waals surface area contributed by atoms with Gasteiger partial charge in [-0.3, -0.25) is 9.59 Å². The number of amides is 1. The summed E-state index contributed by atoms with van der Waals surface area (Å²) in [5.74, 6) is -0.177. The van der Waals surface area contributed by atoms with Crippen molar-refractivity contribution in [3.8, 4) is 11.5 Å². The molecule has 1 aliphatic carbocycles. The average molecular weight is 482 g/mol. The molecule has 0 spiro atoms. The smallest absolute Gasteiger partial charge is 0.329 e. The lowest BCUT2D eigenvalue weighted by Crippen LogP contribution is -2.45. The fourth-order valence-corrected chi connectivity index (χ4v) is 4.35. The van der Waals surface area contributed by atoms with Crippen LogP contribution in [0.1, 0.15) is 78.1 Å². The van der Waals surface area contributed by atoms with Crippen LogP contribution in [0, 0.1) is 5.92 Å². The van der Waals surface area contributed by atoms with Crippen LogP contribution in [-0.4, -0.2) is 44.5 Å². The van der Waals surface area contributed by atoms with E-state index in [4.69, 9.17) is 14.2 Å². The monoisotopic (exact) mass is 481 g/mol. The first-order valence-corrected chi connectivity index (χ1v) is 12.2. The zero-order valence-corrected chi connectivity index (χ0v) is 21.0. The van der Waals surface area contributed by atoms with Gasteiger partial charge in [0.1, 0.15) is 17.5 Å². The number of methoxy groups -OCH3 is 2. The van der Waals surface area contributed by atoms with Crippen LogP contribution in [0.5, 0.6) is 11.5 Å². The number of ether oxygens (including phenoxy) is 3. The summed E-state index contributed by atoms with van der Waals surface area (Å²) < 4.78 is 15.7. The van der Waals surface area contributed by atoms with Crippen molar-refractivity contribution in [3.05, 3.63) is 59.2 Å². The van der Waals surface area contributed by atoms with Crippen LogP contribution >= 0.6 is 0 Å². The topological polar surface area (TPSA) is 90.9 Å². The molecule has 1 aliphatic rings. The summed E-state index contributed by atoms with van der Waals surface area (Å²) in [5.41, 5.74) is 2.05. The Morgan fingerprint density at radius 2 is 1.49 bits per heavy atom. The van der Waals surface area contributed by atoms with Gasteiger partial charge in [0.25, 0.3) is 5.91 Å². The van der Waals surface area contributed by atoms with Crippen LogP contribution in [0.2, 0.25) is 0 Å². The summed E-state index contributed by atoms with van der Waals surface area (Å²) in [5, 5.41) is 2.71. The van der Waals surface area contributed by atoms with Gasteiger partial charge in [-0.2, -0.15) is 0 Å². The van der Waals surface area contributed by atoms with E-state index in [0.29, 0.717) is 23.0 Å². The molecule has 0 unspecified atom stereocenters. The summed E-state index contributed by atoms with van der Waals surface area (Å²) in [6.07, 6.45) is 6.18. The Morgan fingerprint density at radius 1 is 0.886 bits per heavy atom. The first-order valence-electron chi connectivity index (χ1n) is 12.2. The van der Waals surface area contributed by atoms with E-state index in [-0.39, 0.29) is 23.9 Å². The lowest BCUT2D eigenvalue weighted by Gasteiger charge is -2.22. The van der Waals surface area contributed by atoms with E-state index in [2.05, 4.69) is 5.32 Å². The van der Waals surface area contributed by atoms with Gasteiger partial charge in [-0.15, -0.1) is 0 Å². The molecule has 0 saturated heterocycles. The van der Waals surface area contributed by atoms with E-state index in [1.807, 2.05) is 12.1 Å². The fraction of sp³-hybridized carbons (Fsp3) is 0.464. The number of rotatable bonds is 10. The highest BCUT2D eigenvalue weighted by atomic mass is 16.5. The number of Topliss-reactive ketones (excluding diaryl/α,β-unsaturated/α-hetero) is 1. The Bertz CT molecular complexity index is 1000. The van der Waals surface area contributed by atoms with Gasteiger partial charge in [0.05, 0.1) is 14.2 Å². The minimum absolute atomic E-state index is 0.246. The summed E-state index contributed by atoms with van der Waals surface area (Å²) >= 11 is 0. The van der Waals surface area contributed by atoms with Crippen LogP contribution in [0.3, 0.4) is 0 Å². The Kier molecular flexibility index (Phi) is 9.29. The van der Waals surface area contributed by atoms with Crippen LogP contribution in [-0.2, 0) is 9.53 Å². The second kappa shape index (κ2) is 12.4. The highest BCUT2D eigenvalue weighted by Crippen LogP contribution is 2.32. The Labute approximate surface area is 207 Å². The van der Waals surface area contributed by atoms with Gasteiger partial charge in [-0.1, -0.05) is 57.4 Å². The summed E-state index contributed by atoms with van der Waals surface area (Å²) in [6.45, 7) is 3.21. The molecule has 0 aliphatic heterocycles. The molecule has 0 bridgehead atoms. The maximum Gasteiger partial charge on any atom is 0.329 e. The Balaban J connectivity index is 1.59. The van der Waals surface area contributed by atoms with E-state index < -0.39 is 17.9 Å². The zero-order chi connectivity index (χ0) is 25.4. The molecule has 35 heavy (non-hydrogen) atoms. The normalized spacial score (nSPS) is 14.8.